The molecular formula is C12H25ClN2O. The minimum atomic E-state index is -0.422. The van der Waals surface area contributed by atoms with Crippen LogP contribution in [-0.2, 0) is 4.79 Å². The van der Waals surface area contributed by atoms with Gasteiger partial charge in [0.05, 0.1) is 5.41 Å². The van der Waals surface area contributed by atoms with E-state index in [1.807, 2.05) is 13.8 Å². The van der Waals surface area contributed by atoms with Gasteiger partial charge in [0, 0.05) is 6.54 Å². The molecule has 0 aromatic heterocycles. The lowest BCUT2D eigenvalue weighted by Gasteiger charge is -2.25. The number of halogens is 1. The highest BCUT2D eigenvalue weighted by molar-refractivity contribution is 5.85. The molecule has 1 aliphatic rings. The average molecular weight is 249 g/mol. The van der Waals surface area contributed by atoms with Gasteiger partial charge in [0.1, 0.15) is 0 Å². The Morgan fingerprint density at radius 3 is 2.38 bits per heavy atom. The van der Waals surface area contributed by atoms with Gasteiger partial charge < -0.3 is 11.1 Å². The van der Waals surface area contributed by atoms with Crippen molar-refractivity contribution in [2.45, 2.75) is 46.0 Å². The first-order valence-electron chi connectivity index (χ1n) is 6.03. The second-order valence-corrected chi connectivity index (χ2v) is 5.38. The molecule has 0 unspecified atom stereocenters. The van der Waals surface area contributed by atoms with E-state index in [2.05, 4.69) is 5.32 Å². The molecule has 1 fully saturated rings. The zero-order chi connectivity index (χ0) is 11.3. The first-order valence-corrected chi connectivity index (χ1v) is 6.03. The van der Waals surface area contributed by atoms with E-state index in [1.54, 1.807) is 0 Å². The van der Waals surface area contributed by atoms with E-state index >= 15 is 0 Å². The number of hydrogen-bond donors (Lipinski definition) is 2. The first kappa shape index (κ1) is 15.7. The summed E-state index contributed by atoms with van der Waals surface area (Å²) in [5, 5.41) is 3.38. The van der Waals surface area contributed by atoms with E-state index in [1.165, 1.54) is 32.1 Å². The normalized spacial score (nSPS) is 17.9. The van der Waals surface area contributed by atoms with Crippen LogP contribution < -0.4 is 11.1 Å². The van der Waals surface area contributed by atoms with Crippen molar-refractivity contribution in [2.24, 2.45) is 17.1 Å². The average Bonchev–Trinajstić information content (AvgIpc) is 2.19. The van der Waals surface area contributed by atoms with Crippen LogP contribution in [0.4, 0.5) is 0 Å². The van der Waals surface area contributed by atoms with Gasteiger partial charge in [0.2, 0.25) is 5.91 Å². The maximum atomic E-state index is 11.1. The van der Waals surface area contributed by atoms with E-state index in [0.717, 1.165) is 12.5 Å². The predicted molar refractivity (Wildman–Crippen MR) is 69.7 cm³/mol. The molecule has 0 aromatic rings. The second-order valence-electron chi connectivity index (χ2n) is 5.38. The number of rotatable bonds is 5. The van der Waals surface area contributed by atoms with E-state index in [-0.39, 0.29) is 18.3 Å². The molecule has 0 heterocycles. The summed E-state index contributed by atoms with van der Waals surface area (Å²) >= 11 is 0. The fourth-order valence-corrected chi connectivity index (χ4v) is 2.07. The summed E-state index contributed by atoms with van der Waals surface area (Å²) in [6.45, 7) is 5.52. The number of hydrogen-bond acceptors (Lipinski definition) is 2. The van der Waals surface area contributed by atoms with Gasteiger partial charge in [0.25, 0.3) is 0 Å². The van der Waals surface area contributed by atoms with Gasteiger partial charge in [-0.3, -0.25) is 4.79 Å². The number of nitrogens with two attached hydrogens (primary N) is 1. The monoisotopic (exact) mass is 248 g/mol. The maximum absolute atomic E-state index is 11.1. The minimum absolute atomic E-state index is 0. The third kappa shape index (κ3) is 5.17. The zero-order valence-corrected chi connectivity index (χ0v) is 11.2. The van der Waals surface area contributed by atoms with Crippen LogP contribution in [0.25, 0.3) is 0 Å². The topological polar surface area (TPSA) is 55.1 Å². The number of amides is 1. The van der Waals surface area contributed by atoms with Crippen LogP contribution in [0.15, 0.2) is 0 Å². The Hall–Kier alpha value is -0.280. The van der Waals surface area contributed by atoms with Crippen LogP contribution in [0, 0.1) is 11.3 Å². The minimum Gasteiger partial charge on any atom is -0.369 e. The largest absolute Gasteiger partial charge is 0.369 e. The summed E-state index contributed by atoms with van der Waals surface area (Å²) < 4.78 is 0. The molecule has 4 heteroatoms. The van der Waals surface area contributed by atoms with Gasteiger partial charge in [0.15, 0.2) is 0 Å². The molecule has 1 aliphatic carbocycles. The summed E-state index contributed by atoms with van der Waals surface area (Å²) in [4.78, 5) is 11.1. The van der Waals surface area contributed by atoms with Crippen LogP contribution in [0.2, 0.25) is 0 Å². The second kappa shape index (κ2) is 7.13. The third-order valence-corrected chi connectivity index (χ3v) is 3.39. The molecule has 0 spiro atoms. The standard InChI is InChI=1S/C12H24N2O.ClH/c1-12(2,11(13)15)9-14-8-10-6-4-3-5-7-10;/h10,14H,3-9H2,1-2H3,(H2,13,15);1H. The summed E-state index contributed by atoms with van der Waals surface area (Å²) in [6.07, 6.45) is 6.80. The Morgan fingerprint density at radius 1 is 1.31 bits per heavy atom. The van der Waals surface area contributed by atoms with Crippen molar-refractivity contribution < 1.29 is 4.79 Å². The van der Waals surface area contributed by atoms with Crippen molar-refractivity contribution in [3.05, 3.63) is 0 Å². The molecular weight excluding hydrogens is 224 g/mol. The van der Waals surface area contributed by atoms with E-state index in [0.29, 0.717) is 6.54 Å². The Bertz CT molecular complexity index is 213. The molecule has 3 nitrogen and oxygen atoms in total. The number of carbonyl (C=O) groups is 1. The van der Waals surface area contributed by atoms with Crippen molar-refractivity contribution in [1.29, 1.82) is 0 Å². The van der Waals surface area contributed by atoms with Gasteiger partial charge in [-0.2, -0.15) is 0 Å². The maximum Gasteiger partial charge on any atom is 0.224 e. The highest BCUT2D eigenvalue weighted by Gasteiger charge is 2.24. The number of nitrogens with one attached hydrogen (secondary N) is 1. The summed E-state index contributed by atoms with van der Waals surface area (Å²) in [7, 11) is 0. The van der Waals surface area contributed by atoms with Gasteiger partial charge in [-0.05, 0) is 39.2 Å². The fourth-order valence-electron chi connectivity index (χ4n) is 2.07. The Labute approximate surface area is 105 Å². The highest BCUT2D eigenvalue weighted by Crippen LogP contribution is 2.23. The van der Waals surface area contributed by atoms with Gasteiger partial charge >= 0.3 is 0 Å². The zero-order valence-electron chi connectivity index (χ0n) is 10.4. The summed E-state index contributed by atoms with van der Waals surface area (Å²) in [5.74, 6) is 0.584. The van der Waals surface area contributed by atoms with Crippen LogP contribution >= 0.6 is 12.4 Å². The van der Waals surface area contributed by atoms with Crippen LogP contribution in [0.3, 0.4) is 0 Å². The molecule has 0 bridgehead atoms. The van der Waals surface area contributed by atoms with E-state index in [9.17, 15) is 4.79 Å². The Morgan fingerprint density at radius 2 is 1.88 bits per heavy atom. The fraction of sp³-hybridized carbons (Fsp3) is 0.917. The molecule has 0 atom stereocenters. The van der Waals surface area contributed by atoms with E-state index in [4.69, 9.17) is 5.73 Å². The summed E-state index contributed by atoms with van der Waals surface area (Å²) in [6, 6.07) is 0. The van der Waals surface area contributed by atoms with Crippen molar-refractivity contribution in [3.63, 3.8) is 0 Å². The lowest BCUT2D eigenvalue weighted by atomic mass is 9.88. The first-order chi connectivity index (χ1) is 7.02. The van der Waals surface area contributed by atoms with E-state index < -0.39 is 5.41 Å². The van der Waals surface area contributed by atoms with Gasteiger partial charge in [-0.1, -0.05) is 19.3 Å². The Kier molecular flexibility index (Phi) is 7.00. The third-order valence-electron chi connectivity index (χ3n) is 3.39. The summed E-state index contributed by atoms with van der Waals surface area (Å²) in [5.41, 5.74) is 4.89. The molecule has 3 N–H and O–H groups in total. The van der Waals surface area contributed by atoms with Crippen molar-refractivity contribution in [1.82, 2.24) is 5.32 Å². The molecule has 0 aliphatic heterocycles. The molecule has 96 valence electrons. The highest BCUT2D eigenvalue weighted by atomic mass is 35.5. The lowest BCUT2D eigenvalue weighted by Crippen LogP contribution is -2.41. The smallest absolute Gasteiger partial charge is 0.224 e. The number of carbonyl (C=O) groups excluding carboxylic acids is 1. The molecule has 0 saturated heterocycles. The number of primary amides is 1. The molecule has 16 heavy (non-hydrogen) atoms. The van der Waals surface area contributed by atoms with Crippen molar-refractivity contribution >= 4 is 18.3 Å². The van der Waals surface area contributed by atoms with Crippen molar-refractivity contribution in [3.8, 4) is 0 Å². The van der Waals surface area contributed by atoms with Crippen molar-refractivity contribution in [2.75, 3.05) is 13.1 Å². The van der Waals surface area contributed by atoms with Crippen LogP contribution in [-0.4, -0.2) is 19.0 Å². The van der Waals surface area contributed by atoms with Crippen LogP contribution in [0.1, 0.15) is 46.0 Å². The lowest BCUT2D eigenvalue weighted by molar-refractivity contribution is -0.125. The van der Waals surface area contributed by atoms with Gasteiger partial charge in [-0.25, -0.2) is 0 Å². The Balaban J connectivity index is 0.00000225. The SMILES string of the molecule is CC(C)(CNCC1CCCCC1)C(N)=O.Cl. The van der Waals surface area contributed by atoms with Crippen LogP contribution in [0.5, 0.6) is 0 Å². The van der Waals surface area contributed by atoms with Gasteiger partial charge in [-0.15, -0.1) is 12.4 Å². The predicted octanol–water partition coefficient (Wildman–Crippen LogP) is 2.09. The molecule has 1 rings (SSSR count). The molecule has 0 aromatic carbocycles. The quantitative estimate of drug-likeness (QED) is 0.783. The molecule has 1 saturated carbocycles. The molecule has 1 amide bonds. The molecule has 0 radical (unpaired) electrons.